The topological polar surface area (TPSA) is 85.6 Å². The number of anilines is 1. The number of aromatic nitrogens is 3. The van der Waals surface area contributed by atoms with Gasteiger partial charge < -0.3 is 5.73 Å². The molecule has 1 aliphatic heterocycles. The maximum atomic E-state index is 12.7. The number of para-hydroxylation sites is 1. The molecule has 2 N–H and O–H groups in total. The number of benzene rings is 1. The van der Waals surface area contributed by atoms with Gasteiger partial charge in [-0.2, -0.15) is 14.6 Å². The zero-order valence-electron chi connectivity index (χ0n) is 15.6. The van der Waals surface area contributed by atoms with E-state index in [0.717, 1.165) is 40.4 Å². The summed E-state index contributed by atoms with van der Waals surface area (Å²) < 4.78 is 1.60. The second-order valence-electron chi connectivity index (χ2n) is 6.64. The molecule has 4 rings (SSSR count). The molecule has 0 radical (unpaired) electrons. The van der Waals surface area contributed by atoms with Crippen LogP contribution < -0.4 is 11.3 Å². The number of hydrogen-bond acceptors (Lipinski definition) is 6. The van der Waals surface area contributed by atoms with Crippen LogP contribution in [0.5, 0.6) is 0 Å². The molecule has 0 bridgehead atoms. The highest BCUT2D eigenvalue weighted by molar-refractivity contribution is 7.16. The van der Waals surface area contributed by atoms with Crippen LogP contribution in [0, 0.1) is 0 Å². The highest BCUT2D eigenvalue weighted by atomic mass is 32.1. The number of allylic oxidation sites excluding steroid dienone is 1. The lowest BCUT2D eigenvalue weighted by molar-refractivity contribution is 0.626. The first-order valence-corrected chi connectivity index (χ1v) is 9.91. The summed E-state index contributed by atoms with van der Waals surface area (Å²) in [6.45, 7) is 6.20. The number of nitrogens with zero attached hydrogens (tertiary/aromatic N) is 4. The van der Waals surface area contributed by atoms with Crippen LogP contribution in [-0.4, -0.2) is 20.3 Å². The van der Waals surface area contributed by atoms with Gasteiger partial charge in [-0.1, -0.05) is 43.4 Å². The van der Waals surface area contributed by atoms with Crippen molar-refractivity contribution in [3.8, 4) is 0 Å². The second kappa shape index (κ2) is 6.74. The van der Waals surface area contributed by atoms with E-state index in [0.29, 0.717) is 22.3 Å². The van der Waals surface area contributed by atoms with E-state index in [1.807, 2.05) is 31.2 Å². The van der Waals surface area contributed by atoms with Gasteiger partial charge in [0.2, 0.25) is 4.96 Å². The lowest BCUT2D eigenvalue weighted by Crippen LogP contribution is -2.17. The third-order valence-corrected chi connectivity index (χ3v) is 6.07. The van der Waals surface area contributed by atoms with Crippen molar-refractivity contribution in [2.45, 2.75) is 39.5 Å². The lowest BCUT2D eigenvalue weighted by Gasteiger charge is -2.06. The van der Waals surface area contributed by atoms with Gasteiger partial charge in [0.25, 0.3) is 5.56 Å². The second-order valence-corrected chi connectivity index (χ2v) is 7.62. The molecule has 3 heterocycles. The molecule has 0 spiro atoms. The molecule has 3 aromatic rings. The molecular weight excluding hydrogens is 358 g/mol. The summed E-state index contributed by atoms with van der Waals surface area (Å²) in [6.07, 6.45) is 3.77. The molecular formula is C20H21N5OS. The Kier molecular flexibility index (Phi) is 4.39. The fourth-order valence-electron chi connectivity index (χ4n) is 3.40. The Morgan fingerprint density at radius 1 is 1.26 bits per heavy atom. The predicted molar refractivity (Wildman–Crippen MR) is 112 cm³/mol. The van der Waals surface area contributed by atoms with E-state index in [9.17, 15) is 4.79 Å². The molecule has 0 aliphatic carbocycles. The molecule has 0 atom stereocenters. The van der Waals surface area contributed by atoms with Crippen LogP contribution in [0.4, 0.5) is 11.5 Å². The smallest absolute Gasteiger partial charge is 0.283 e. The minimum atomic E-state index is -0.336. The SMILES string of the molecule is CCC(CC)c1nn2c(N)c(/C=C3\C(C)=Nc4ccccc43)c(=O)nc2s1. The quantitative estimate of drug-likeness (QED) is 0.733. The first-order valence-electron chi connectivity index (χ1n) is 9.09. The van der Waals surface area contributed by atoms with Gasteiger partial charge in [0, 0.05) is 22.8 Å². The third-order valence-electron chi connectivity index (χ3n) is 5.00. The fraction of sp³-hybridized carbons (Fsp3) is 0.300. The molecule has 0 saturated heterocycles. The summed E-state index contributed by atoms with van der Waals surface area (Å²) in [6, 6.07) is 7.86. The highest BCUT2D eigenvalue weighted by Crippen LogP contribution is 2.36. The molecule has 6 nitrogen and oxygen atoms in total. The summed E-state index contributed by atoms with van der Waals surface area (Å²) in [7, 11) is 0. The van der Waals surface area contributed by atoms with Crippen molar-refractivity contribution in [1.82, 2.24) is 14.6 Å². The number of nitrogen functional groups attached to an aromatic ring is 1. The third kappa shape index (κ3) is 2.88. The Bertz CT molecular complexity index is 1150. The molecule has 2 aromatic heterocycles. The minimum absolute atomic E-state index is 0.322. The molecule has 7 heteroatoms. The van der Waals surface area contributed by atoms with Gasteiger partial charge >= 0.3 is 0 Å². The number of fused-ring (bicyclic) bond motifs is 2. The van der Waals surface area contributed by atoms with Gasteiger partial charge in [0.1, 0.15) is 10.8 Å². The Labute approximate surface area is 161 Å². The molecule has 138 valence electrons. The largest absolute Gasteiger partial charge is 0.383 e. The number of rotatable bonds is 4. The standard InChI is InChI=1S/C20H21N5OS/c1-4-12(5-2)19-24-25-17(21)15(18(26)23-20(25)27-19)10-14-11(3)22-16-9-7-6-8-13(14)16/h6-10,12H,4-5,21H2,1-3H3/b14-10+. The van der Waals surface area contributed by atoms with E-state index in [1.54, 1.807) is 10.6 Å². The van der Waals surface area contributed by atoms with Gasteiger partial charge in [0.05, 0.1) is 11.3 Å². The predicted octanol–water partition coefficient (Wildman–Crippen LogP) is 4.28. The average molecular weight is 379 g/mol. The van der Waals surface area contributed by atoms with E-state index in [-0.39, 0.29) is 5.56 Å². The van der Waals surface area contributed by atoms with Gasteiger partial charge in [-0.05, 0) is 31.9 Å². The molecule has 1 aliphatic rings. The molecule has 27 heavy (non-hydrogen) atoms. The molecule has 0 fully saturated rings. The van der Waals surface area contributed by atoms with Crippen molar-refractivity contribution < 1.29 is 0 Å². The van der Waals surface area contributed by atoms with Crippen LogP contribution in [0.15, 0.2) is 34.1 Å². The Morgan fingerprint density at radius 3 is 2.74 bits per heavy atom. The fourth-order valence-corrected chi connectivity index (χ4v) is 4.56. The van der Waals surface area contributed by atoms with E-state index in [4.69, 9.17) is 5.73 Å². The summed E-state index contributed by atoms with van der Waals surface area (Å²) in [5.41, 5.74) is 10.0. The van der Waals surface area contributed by atoms with Gasteiger partial charge in [-0.15, -0.1) is 0 Å². The first kappa shape index (κ1) is 17.6. The maximum Gasteiger partial charge on any atom is 0.283 e. The Morgan fingerprint density at radius 2 is 2.00 bits per heavy atom. The van der Waals surface area contributed by atoms with Crippen molar-refractivity contribution in [2.24, 2.45) is 4.99 Å². The van der Waals surface area contributed by atoms with Gasteiger partial charge in [-0.3, -0.25) is 9.79 Å². The van der Waals surface area contributed by atoms with Crippen LogP contribution in [0.3, 0.4) is 0 Å². The molecule has 1 aromatic carbocycles. The van der Waals surface area contributed by atoms with E-state index < -0.39 is 0 Å². The lowest BCUT2D eigenvalue weighted by atomic mass is 10.0. The minimum Gasteiger partial charge on any atom is -0.383 e. The Balaban J connectivity index is 1.88. The summed E-state index contributed by atoms with van der Waals surface area (Å²) in [5.74, 6) is 0.673. The van der Waals surface area contributed by atoms with Crippen LogP contribution in [-0.2, 0) is 0 Å². The normalized spacial score (nSPS) is 15.0. The van der Waals surface area contributed by atoms with Crippen molar-refractivity contribution in [3.05, 3.63) is 50.8 Å². The Hall–Kier alpha value is -2.80. The summed E-state index contributed by atoms with van der Waals surface area (Å²) in [4.78, 5) is 22.0. The molecule has 0 amide bonds. The van der Waals surface area contributed by atoms with Gasteiger partial charge in [0.15, 0.2) is 0 Å². The zero-order valence-corrected chi connectivity index (χ0v) is 16.4. The van der Waals surface area contributed by atoms with Gasteiger partial charge in [-0.25, -0.2) is 0 Å². The van der Waals surface area contributed by atoms with E-state index >= 15 is 0 Å². The number of aliphatic imine (C=N–C) groups is 1. The molecule has 0 unspecified atom stereocenters. The monoisotopic (exact) mass is 379 g/mol. The van der Waals surface area contributed by atoms with Crippen LogP contribution >= 0.6 is 11.3 Å². The summed E-state index contributed by atoms with van der Waals surface area (Å²) >= 11 is 1.44. The van der Waals surface area contributed by atoms with Crippen LogP contribution in [0.25, 0.3) is 16.6 Å². The maximum absolute atomic E-state index is 12.7. The highest BCUT2D eigenvalue weighted by Gasteiger charge is 2.21. The van der Waals surface area contributed by atoms with Crippen molar-refractivity contribution in [2.75, 3.05) is 5.73 Å². The van der Waals surface area contributed by atoms with Crippen molar-refractivity contribution >= 4 is 45.2 Å². The summed E-state index contributed by atoms with van der Waals surface area (Å²) in [5, 5.41) is 5.61. The first-order chi connectivity index (χ1) is 13.0. The van der Waals surface area contributed by atoms with Crippen LogP contribution in [0.1, 0.15) is 55.7 Å². The van der Waals surface area contributed by atoms with Crippen molar-refractivity contribution in [3.63, 3.8) is 0 Å². The number of nitrogens with two attached hydrogens (primary N) is 1. The van der Waals surface area contributed by atoms with Crippen LogP contribution in [0.2, 0.25) is 0 Å². The molecule has 0 saturated carbocycles. The number of hydrogen-bond donors (Lipinski definition) is 1. The zero-order chi connectivity index (χ0) is 19.1. The van der Waals surface area contributed by atoms with Crippen molar-refractivity contribution in [1.29, 1.82) is 0 Å². The van der Waals surface area contributed by atoms with E-state index in [2.05, 4.69) is 28.9 Å². The van der Waals surface area contributed by atoms with E-state index in [1.165, 1.54) is 11.3 Å². The average Bonchev–Trinajstić information content (AvgIpc) is 3.20.